The van der Waals surface area contributed by atoms with Crippen LogP contribution in [0.1, 0.15) is 44.7 Å². The van der Waals surface area contributed by atoms with Gasteiger partial charge in [-0.05, 0) is 18.9 Å². The minimum absolute atomic E-state index is 0.106. The van der Waals surface area contributed by atoms with Crippen molar-refractivity contribution in [3.63, 3.8) is 0 Å². The second-order valence-corrected chi connectivity index (χ2v) is 4.94. The molecule has 4 nitrogen and oxygen atoms in total. The maximum Gasteiger partial charge on any atom is 0.263 e. The summed E-state index contributed by atoms with van der Waals surface area (Å²) in [4.78, 5) is 12.0. The lowest BCUT2D eigenvalue weighted by Gasteiger charge is -2.13. The van der Waals surface area contributed by atoms with Gasteiger partial charge in [0.15, 0.2) is 0 Å². The van der Waals surface area contributed by atoms with Crippen LogP contribution in [0.5, 0.6) is 0 Å². The Morgan fingerprint density at radius 2 is 2.05 bits per heavy atom. The van der Waals surface area contributed by atoms with Crippen molar-refractivity contribution in [1.82, 2.24) is 10.6 Å². The van der Waals surface area contributed by atoms with Gasteiger partial charge in [-0.3, -0.25) is 4.79 Å². The van der Waals surface area contributed by atoms with E-state index in [0.717, 1.165) is 31.4 Å². The molecule has 0 bridgehead atoms. The molecule has 0 aliphatic carbocycles. The molecule has 0 aliphatic heterocycles. The van der Waals surface area contributed by atoms with E-state index in [1.165, 1.54) is 6.20 Å². The summed E-state index contributed by atoms with van der Waals surface area (Å²) in [6, 6.07) is 11.5. The van der Waals surface area contributed by atoms with Gasteiger partial charge in [0.1, 0.15) is 11.6 Å². The van der Waals surface area contributed by atoms with Gasteiger partial charge < -0.3 is 10.6 Å². The zero-order valence-electron chi connectivity index (χ0n) is 12.7. The second-order valence-electron chi connectivity index (χ2n) is 4.94. The minimum atomic E-state index is -0.350. The van der Waals surface area contributed by atoms with Gasteiger partial charge in [0.2, 0.25) is 0 Å². The predicted molar refractivity (Wildman–Crippen MR) is 84.2 cm³/mol. The first kappa shape index (κ1) is 16.8. The Morgan fingerprint density at radius 1 is 1.33 bits per heavy atom. The van der Waals surface area contributed by atoms with Gasteiger partial charge in [-0.2, -0.15) is 5.26 Å². The highest BCUT2D eigenvalue weighted by molar-refractivity contribution is 5.97. The number of nitriles is 1. The summed E-state index contributed by atoms with van der Waals surface area (Å²) in [6.07, 6.45) is 4.82. The SMILES string of the molecule is CCCCCN/C=C(/C#N)C(=O)NC(C)c1ccccc1. The van der Waals surface area contributed by atoms with Gasteiger partial charge >= 0.3 is 0 Å². The largest absolute Gasteiger partial charge is 0.390 e. The number of nitrogens with zero attached hydrogens (tertiary/aromatic N) is 1. The molecule has 1 atom stereocenters. The number of unbranched alkanes of at least 4 members (excludes halogenated alkanes) is 2. The molecule has 0 aliphatic rings. The van der Waals surface area contributed by atoms with Crippen LogP contribution in [0.3, 0.4) is 0 Å². The molecule has 1 aromatic carbocycles. The van der Waals surface area contributed by atoms with Gasteiger partial charge in [-0.15, -0.1) is 0 Å². The summed E-state index contributed by atoms with van der Waals surface area (Å²) >= 11 is 0. The highest BCUT2D eigenvalue weighted by atomic mass is 16.1. The summed E-state index contributed by atoms with van der Waals surface area (Å²) in [5, 5.41) is 14.9. The van der Waals surface area contributed by atoms with E-state index in [1.807, 2.05) is 43.3 Å². The minimum Gasteiger partial charge on any atom is -0.390 e. The van der Waals surface area contributed by atoms with Crippen LogP contribution in [0.25, 0.3) is 0 Å². The third-order valence-electron chi connectivity index (χ3n) is 3.18. The quantitative estimate of drug-likeness (QED) is 0.438. The lowest BCUT2D eigenvalue weighted by Crippen LogP contribution is -2.28. The second kappa shape index (κ2) is 9.60. The van der Waals surface area contributed by atoms with Crippen LogP contribution in [0, 0.1) is 11.3 Å². The topological polar surface area (TPSA) is 64.9 Å². The van der Waals surface area contributed by atoms with Gasteiger partial charge in [0, 0.05) is 12.7 Å². The van der Waals surface area contributed by atoms with Crippen molar-refractivity contribution in [2.45, 2.75) is 39.2 Å². The molecule has 1 amide bonds. The maximum absolute atomic E-state index is 12.0. The number of carbonyl (C=O) groups excluding carboxylic acids is 1. The van der Waals surface area contributed by atoms with Crippen molar-refractivity contribution in [2.24, 2.45) is 0 Å². The Labute approximate surface area is 126 Å². The van der Waals surface area contributed by atoms with Crippen molar-refractivity contribution in [1.29, 1.82) is 5.26 Å². The first-order valence-corrected chi connectivity index (χ1v) is 7.38. The highest BCUT2D eigenvalue weighted by Crippen LogP contribution is 2.11. The molecule has 0 radical (unpaired) electrons. The van der Waals surface area contributed by atoms with E-state index in [9.17, 15) is 4.79 Å². The molecule has 0 saturated carbocycles. The van der Waals surface area contributed by atoms with E-state index in [4.69, 9.17) is 5.26 Å². The van der Waals surface area contributed by atoms with Crippen molar-refractivity contribution in [3.8, 4) is 6.07 Å². The smallest absolute Gasteiger partial charge is 0.263 e. The molecule has 1 unspecified atom stereocenters. The van der Waals surface area contributed by atoms with Gasteiger partial charge in [-0.1, -0.05) is 50.1 Å². The molecule has 1 rings (SSSR count). The Kier molecular flexibility index (Phi) is 7.67. The van der Waals surface area contributed by atoms with Crippen LogP contribution in [-0.2, 0) is 4.79 Å². The summed E-state index contributed by atoms with van der Waals surface area (Å²) in [5.41, 5.74) is 1.12. The number of carbonyl (C=O) groups is 1. The molecule has 0 fully saturated rings. The molecule has 0 heterocycles. The van der Waals surface area contributed by atoms with Gasteiger partial charge in [0.25, 0.3) is 5.91 Å². The number of nitrogens with one attached hydrogen (secondary N) is 2. The van der Waals surface area contributed by atoms with E-state index in [-0.39, 0.29) is 17.5 Å². The predicted octanol–water partition coefficient (Wildman–Crippen LogP) is 3.05. The fraction of sp³-hybridized carbons (Fsp3) is 0.412. The Bertz CT molecular complexity index is 503. The summed E-state index contributed by atoms with van der Waals surface area (Å²) in [6.45, 7) is 4.81. The normalized spacial score (nSPS) is 12.3. The average Bonchev–Trinajstić information content (AvgIpc) is 2.51. The molecule has 2 N–H and O–H groups in total. The first-order valence-electron chi connectivity index (χ1n) is 7.38. The number of hydrogen-bond donors (Lipinski definition) is 2. The van der Waals surface area contributed by atoms with E-state index in [2.05, 4.69) is 17.6 Å². The van der Waals surface area contributed by atoms with Crippen molar-refractivity contribution >= 4 is 5.91 Å². The van der Waals surface area contributed by atoms with Crippen molar-refractivity contribution in [2.75, 3.05) is 6.54 Å². The van der Waals surface area contributed by atoms with Crippen molar-refractivity contribution in [3.05, 3.63) is 47.7 Å². The molecule has 4 heteroatoms. The molecule has 21 heavy (non-hydrogen) atoms. The van der Waals surface area contributed by atoms with Crippen LogP contribution < -0.4 is 10.6 Å². The van der Waals surface area contributed by atoms with E-state index >= 15 is 0 Å². The monoisotopic (exact) mass is 285 g/mol. The summed E-state index contributed by atoms with van der Waals surface area (Å²) in [7, 11) is 0. The lowest BCUT2D eigenvalue weighted by molar-refractivity contribution is -0.117. The standard InChI is InChI=1S/C17H23N3O/c1-3-4-8-11-19-13-16(12-18)17(21)20-14(2)15-9-6-5-7-10-15/h5-7,9-10,13-14,19H,3-4,8,11H2,1-2H3,(H,20,21)/b16-13-. The number of hydrogen-bond acceptors (Lipinski definition) is 3. The lowest BCUT2D eigenvalue weighted by atomic mass is 10.1. The van der Waals surface area contributed by atoms with Crippen LogP contribution in [0.2, 0.25) is 0 Å². The van der Waals surface area contributed by atoms with Gasteiger partial charge in [-0.25, -0.2) is 0 Å². The summed E-state index contributed by atoms with van der Waals surface area (Å²) < 4.78 is 0. The third-order valence-corrected chi connectivity index (χ3v) is 3.18. The zero-order chi connectivity index (χ0) is 15.5. The summed E-state index contributed by atoms with van der Waals surface area (Å²) in [5.74, 6) is -0.350. The Morgan fingerprint density at radius 3 is 2.67 bits per heavy atom. The van der Waals surface area contributed by atoms with Gasteiger partial charge in [0.05, 0.1) is 6.04 Å². The number of benzene rings is 1. The fourth-order valence-electron chi connectivity index (χ4n) is 1.90. The molecular weight excluding hydrogens is 262 g/mol. The first-order chi connectivity index (χ1) is 10.2. The zero-order valence-corrected chi connectivity index (χ0v) is 12.7. The Balaban J connectivity index is 2.51. The van der Waals surface area contributed by atoms with Crippen LogP contribution >= 0.6 is 0 Å². The molecule has 1 aromatic rings. The van der Waals surface area contributed by atoms with Crippen molar-refractivity contribution < 1.29 is 4.79 Å². The maximum atomic E-state index is 12.0. The average molecular weight is 285 g/mol. The molecule has 112 valence electrons. The molecule has 0 aromatic heterocycles. The Hall–Kier alpha value is -2.28. The number of amides is 1. The molecule has 0 saturated heterocycles. The molecule has 0 spiro atoms. The van der Waals surface area contributed by atoms with E-state index in [0.29, 0.717) is 0 Å². The molecular formula is C17H23N3O. The number of rotatable bonds is 8. The van der Waals surface area contributed by atoms with Crippen LogP contribution in [0.4, 0.5) is 0 Å². The third kappa shape index (κ3) is 6.13. The fourth-order valence-corrected chi connectivity index (χ4v) is 1.90. The highest BCUT2D eigenvalue weighted by Gasteiger charge is 2.13. The van der Waals surface area contributed by atoms with Crippen LogP contribution in [-0.4, -0.2) is 12.5 Å². The van der Waals surface area contributed by atoms with E-state index in [1.54, 1.807) is 0 Å². The van der Waals surface area contributed by atoms with E-state index < -0.39 is 0 Å². The van der Waals surface area contributed by atoms with Crippen LogP contribution in [0.15, 0.2) is 42.1 Å².